The highest BCUT2D eigenvalue weighted by atomic mass is 16.5. The summed E-state index contributed by atoms with van der Waals surface area (Å²) < 4.78 is 6.18. The van der Waals surface area contributed by atoms with Crippen LogP contribution in [-0.2, 0) is 11.3 Å². The highest BCUT2D eigenvalue weighted by Gasteiger charge is 2.06. The summed E-state index contributed by atoms with van der Waals surface area (Å²) in [5, 5.41) is 12.1. The molecule has 0 saturated carbocycles. The zero-order valence-corrected chi connectivity index (χ0v) is 14.5. The topological polar surface area (TPSA) is 110 Å². The molecule has 27 heavy (non-hydrogen) atoms. The Balaban J connectivity index is 1.56. The molecule has 9 heteroatoms. The molecule has 2 aromatic heterocycles. The van der Waals surface area contributed by atoms with E-state index in [-0.39, 0.29) is 6.03 Å². The molecule has 3 rings (SSSR count). The monoisotopic (exact) mass is 366 g/mol. The lowest BCUT2D eigenvalue weighted by molar-refractivity contribution is 0.187. The first-order chi connectivity index (χ1) is 13.1. The van der Waals surface area contributed by atoms with E-state index in [4.69, 9.17) is 0 Å². The summed E-state index contributed by atoms with van der Waals surface area (Å²) in [6, 6.07) is 11.8. The van der Waals surface area contributed by atoms with E-state index in [0.29, 0.717) is 23.7 Å². The summed E-state index contributed by atoms with van der Waals surface area (Å²) in [6.45, 7) is 0.322. The molecule has 0 aliphatic carbocycles. The molecule has 2 heterocycles. The second kappa shape index (κ2) is 8.48. The number of hydrogen-bond donors (Lipinski definition) is 3. The first-order valence-corrected chi connectivity index (χ1v) is 8.09. The zero-order chi connectivity index (χ0) is 19.1. The molecular weight excluding hydrogens is 348 g/mol. The lowest BCUT2D eigenvalue weighted by Gasteiger charge is -2.10. The van der Waals surface area contributed by atoms with Gasteiger partial charge in [0.05, 0.1) is 7.11 Å². The van der Waals surface area contributed by atoms with Crippen molar-refractivity contribution < 1.29 is 14.3 Å². The van der Waals surface area contributed by atoms with Crippen molar-refractivity contribution in [2.45, 2.75) is 6.54 Å². The van der Waals surface area contributed by atoms with Gasteiger partial charge in [-0.25, -0.2) is 19.3 Å². The molecule has 9 nitrogen and oxygen atoms in total. The van der Waals surface area contributed by atoms with Crippen LogP contribution in [-0.4, -0.2) is 34.0 Å². The van der Waals surface area contributed by atoms with Crippen LogP contribution in [0.1, 0.15) is 5.56 Å². The van der Waals surface area contributed by atoms with Crippen LogP contribution in [0.15, 0.2) is 61.1 Å². The summed E-state index contributed by atoms with van der Waals surface area (Å²) >= 11 is 0. The van der Waals surface area contributed by atoms with Crippen molar-refractivity contribution in [1.29, 1.82) is 0 Å². The van der Waals surface area contributed by atoms with Crippen molar-refractivity contribution in [3.8, 4) is 5.82 Å². The number of benzene rings is 1. The first kappa shape index (κ1) is 17.9. The average Bonchev–Trinajstić information content (AvgIpc) is 3.22. The minimum absolute atomic E-state index is 0.322. The van der Waals surface area contributed by atoms with Crippen LogP contribution >= 0.6 is 0 Å². The van der Waals surface area contributed by atoms with Gasteiger partial charge in [0.1, 0.15) is 0 Å². The standard InChI is InChI=1S/C18H18N6O3/c1-27-18(26)23-15-5-2-4-14(11-15)22-17(25)20-12-13-6-8-19-16(10-13)24-9-3-7-21-24/h2-11H,12H2,1H3,(H,23,26)(H2,20,22,25). The SMILES string of the molecule is COC(=O)Nc1cccc(NC(=O)NCc2ccnc(-n3cccn3)c2)c1. The number of aromatic nitrogens is 3. The third-order valence-corrected chi connectivity index (χ3v) is 3.55. The van der Waals surface area contributed by atoms with Gasteiger partial charge in [-0.15, -0.1) is 0 Å². The van der Waals surface area contributed by atoms with Gasteiger partial charge >= 0.3 is 12.1 Å². The van der Waals surface area contributed by atoms with E-state index in [0.717, 1.165) is 5.56 Å². The Morgan fingerprint density at radius 3 is 2.63 bits per heavy atom. The molecule has 0 aliphatic rings. The fourth-order valence-electron chi connectivity index (χ4n) is 2.30. The minimum atomic E-state index is -0.581. The Morgan fingerprint density at radius 1 is 1.07 bits per heavy atom. The average molecular weight is 366 g/mol. The van der Waals surface area contributed by atoms with Crippen molar-refractivity contribution in [2.24, 2.45) is 0 Å². The van der Waals surface area contributed by atoms with Crippen molar-refractivity contribution >= 4 is 23.5 Å². The van der Waals surface area contributed by atoms with Crippen LogP contribution in [0.25, 0.3) is 5.82 Å². The van der Waals surface area contributed by atoms with E-state index in [1.54, 1.807) is 47.5 Å². The van der Waals surface area contributed by atoms with E-state index < -0.39 is 6.09 Å². The maximum Gasteiger partial charge on any atom is 0.411 e. The summed E-state index contributed by atoms with van der Waals surface area (Å²) in [5.74, 6) is 0.668. The number of nitrogens with one attached hydrogen (secondary N) is 3. The van der Waals surface area contributed by atoms with E-state index in [1.165, 1.54) is 7.11 Å². The Bertz CT molecular complexity index is 926. The Morgan fingerprint density at radius 2 is 1.89 bits per heavy atom. The van der Waals surface area contributed by atoms with Gasteiger partial charge in [0.25, 0.3) is 0 Å². The summed E-state index contributed by atoms with van der Waals surface area (Å²) in [6.07, 6.45) is 4.54. The fourth-order valence-corrected chi connectivity index (χ4v) is 2.30. The molecule has 1 aromatic carbocycles. The number of rotatable bonds is 5. The van der Waals surface area contributed by atoms with Crippen LogP contribution < -0.4 is 16.0 Å². The highest BCUT2D eigenvalue weighted by Crippen LogP contribution is 2.15. The fraction of sp³-hybridized carbons (Fsp3) is 0.111. The Labute approximate surface area is 155 Å². The van der Waals surface area contributed by atoms with Gasteiger partial charge in [-0.3, -0.25) is 5.32 Å². The van der Waals surface area contributed by atoms with Crippen molar-refractivity contribution in [1.82, 2.24) is 20.1 Å². The molecule has 0 fully saturated rings. The van der Waals surface area contributed by atoms with Gasteiger partial charge in [-0.1, -0.05) is 6.07 Å². The van der Waals surface area contributed by atoms with E-state index in [2.05, 4.69) is 30.8 Å². The van der Waals surface area contributed by atoms with Gasteiger partial charge in [0.15, 0.2) is 5.82 Å². The number of hydrogen-bond acceptors (Lipinski definition) is 5. The number of methoxy groups -OCH3 is 1. The lowest BCUT2D eigenvalue weighted by Crippen LogP contribution is -2.28. The predicted molar refractivity (Wildman–Crippen MR) is 99.7 cm³/mol. The van der Waals surface area contributed by atoms with Gasteiger partial charge in [0.2, 0.25) is 0 Å². The van der Waals surface area contributed by atoms with Gasteiger partial charge in [-0.05, 0) is 42.0 Å². The minimum Gasteiger partial charge on any atom is -0.453 e. The molecule has 0 unspecified atom stereocenters. The molecular formula is C18H18N6O3. The van der Waals surface area contributed by atoms with E-state index >= 15 is 0 Å². The van der Waals surface area contributed by atoms with Crippen LogP contribution in [0.2, 0.25) is 0 Å². The van der Waals surface area contributed by atoms with Crippen LogP contribution in [0.3, 0.4) is 0 Å². The van der Waals surface area contributed by atoms with E-state index in [1.807, 2.05) is 18.2 Å². The van der Waals surface area contributed by atoms with Gasteiger partial charge < -0.3 is 15.4 Å². The van der Waals surface area contributed by atoms with E-state index in [9.17, 15) is 9.59 Å². The number of pyridine rings is 1. The predicted octanol–water partition coefficient (Wildman–Crippen LogP) is 2.77. The van der Waals surface area contributed by atoms with Crippen LogP contribution in [0.5, 0.6) is 0 Å². The molecule has 3 amide bonds. The molecule has 0 atom stereocenters. The molecule has 0 saturated heterocycles. The molecule has 0 radical (unpaired) electrons. The molecule has 0 spiro atoms. The van der Waals surface area contributed by atoms with Crippen molar-refractivity contribution in [3.05, 3.63) is 66.6 Å². The summed E-state index contributed by atoms with van der Waals surface area (Å²) in [4.78, 5) is 27.6. The number of carbonyl (C=O) groups excluding carboxylic acids is 2. The second-order valence-corrected chi connectivity index (χ2v) is 5.48. The molecule has 0 bridgehead atoms. The maximum absolute atomic E-state index is 12.1. The van der Waals surface area contributed by atoms with Crippen molar-refractivity contribution in [2.75, 3.05) is 17.7 Å². The molecule has 3 aromatic rings. The number of urea groups is 1. The maximum atomic E-state index is 12.1. The highest BCUT2D eigenvalue weighted by molar-refractivity contribution is 5.91. The van der Waals surface area contributed by atoms with Crippen molar-refractivity contribution in [3.63, 3.8) is 0 Å². The first-order valence-electron chi connectivity index (χ1n) is 8.09. The number of amides is 3. The molecule has 0 aliphatic heterocycles. The third kappa shape index (κ3) is 5.05. The van der Waals surface area contributed by atoms with Crippen LogP contribution in [0, 0.1) is 0 Å². The van der Waals surface area contributed by atoms with Crippen LogP contribution in [0.4, 0.5) is 21.0 Å². The molecule has 3 N–H and O–H groups in total. The number of anilines is 2. The number of nitrogens with zero attached hydrogens (tertiary/aromatic N) is 3. The quantitative estimate of drug-likeness (QED) is 0.643. The largest absolute Gasteiger partial charge is 0.453 e. The Hall–Kier alpha value is -3.88. The van der Waals surface area contributed by atoms with Gasteiger partial charge in [-0.2, -0.15) is 5.10 Å². The van der Waals surface area contributed by atoms with Gasteiger partial charge in [0, 0.05) is 36.5 Å². The second-order valence-electron chi connectivity index (χ2n) is 5.48. The third-order valence-electron chi connectivity index (χ3n) is 3.55. The summed E-state index contributed by atoms with van der Waals surface area (Å²) in [5.41, 5.74) is 1.93. The number of ether oxygens (including phenoxy) is 1. The molecule has 138 valence electrons. The number of carbonyl (C=O) groups is 2. The Kier molecular flexibility index (Phi) is 5.63. The smallest absolute Gasteiger partial charge is 0.411 e. The lowest BCUT2D eigenvalue weighted by atomic mass is 10.2. The summed E-state index contributed by atoms with van der Waals surface area (Å²) in [7, 11) is 1.28. The normalized spacial score (nSPS) is 10.1. The zero-order valence-electron chi connectivity index (χ0n) is 14.5.